The third-order valence-electron chi connectivity index (χ3n) is 3.39. The van der Waals surface area contributed by atoms with E-state index in [4.69, 9.17) is 4.74 Å². The third kappa shape index (κ3) is 5.76. The Morgan fingerprint density at radius 3 is 2.12 bits per heavy atom. The lowest BCUT2D eigenvalue weighted by atomic mass is 10.2. The summed E-state index contributed by atoms with van der Waals surface area (Å²) in [5.41, 5.74) is -0.105. The second-order valence-electron chi connectivity index (χ2n) is 5.50. The van der Waals surface area contributed by atoms with Crippen molar-refractivity contribution in [1.82, 2.24) is 5.32 Å². The van der Waals surface area contributed by atoms with Gasteiger partial charge in [0.05, 0.1) is 10.5 Å². The number of hydrogen-bond donors (Lipinski definition) is 1. The second-order valence-corrected chi connectivity index (χ2v) is 7.52. The smallest absolute Gasteiger partial charge is 0.416 e. The first-order valence-electron chi connectivity index (χ1n) is 7.41. The lowest BCUT2D eigenvalue weighted by molar-refractivity contribution is -0.137. The Labute approximate surface area is 148 Å². The highest BCUT2D eigenvalue weighted by molar-refractivity contribution is 7.90. The Bertz CT molecular complexity index is 860. The van der Waals surface area contributed by atoms with Gasteiger partial charge in [0.1, 0.15) is 5.75 Å². The van der Waals surface area contributed by atoms with E-state index in [1.54, 1.807) is 12.1 Å². The zero-order chi connectivity index (χ0) is 19.4. The fourth-order valence-corrected chi connectivity index (χ4v) is 2.63. The molecule has 1 amide bonds. The molecule has 0 heterocycles. The number of ether oxygens (including phenoxy) is 1. The molecule has 0 radical (unpaired) electrons. The van der Waals surface area contributed by atoms with E-state index in [1.165, 1.54) is 12.1 Å². The molecule has 0 aliphatic heterocycles. The third-order valence-corrected chi connectivity index (χ3v) is 4.52. The minimum Gasteiger partial charge on any atom is -0.484 e. The molecule has 0 atom stereocenters. The maximum Gasteiger partial charge on any atom is 0.416 e. The Hall–Kier alpha value is -2.55. The number of rotatable bonds is 6. The summed E-state index contributed by atoms with van der Waals surface area (Å²) in [6.45, 7) is -0.188. The molecule has 26 heavy (non-hydrogen) atoms. The van der Waals surface area contributed by atoms with Gasteiger partial charge in [0, 0.05) is 12.8 Å². The fraction of sp³-hybridized carbons (Fsp3) is 0.235. The van der Waals surface area contributed by atoms with Gasteiger partial charge in [0.15, 0.2) is 16.4 Å². The zero-order valence-electron chi connectivity index (χ0n) is 13.7. The predicted octanol–water partition coefficient (Wildman–Crippen LogP) is 2.80. The number of benzene rings is 2. The Morgan fingerprint density at radius 2 is 1.62 bits per heavy atom. The van der Waals surface area contributed by atoms with E-state index in [2.05, 4.69) is 5.32 Å². The van der Waals surface area contributed by atoms with Crippen molar-refractivity contribution in [3.63, 3.8) is 0 Å². The lowest BCUT2D eigenvalue weighted by Gasteiger charge is -2.10. The van der Waals surface area contributed by atoms with Gasteiger partial charge in [-0.25, -0.2) is 8.42 Å². The molecule has 0 aliphatic carbocycles. The van der Waals surface area contributed by atoms with Crippen LogP contribution in [-0.4, -0.2) is 27.2 Å². The Balaban J connectivity index is 1.82. The summed E-state index contributed by atoms with van der Waals surface area (Å²) in [5, 5.41) is 2.57. The summed E-state index contributed by atoms with van der Waals surface area (Å²) in [4.78, 5) is 11.9. The molecule has 2 rings (SSSR count). The number of amides is 1. The average molecular weight is 387 g/mol. The normalized spacial score (nSPS) is 11.8. The average Bonchev–Trinajstić information content (AvgIpc) is 2.57. The first kappa shape index (κ1) is 19.8. The maximum atomic E-state index is 12.4. The number of sulfone groups is 1. The molecule has 140 valence electrons. The number of carbonyl (C=O) groups excluding carboxylic acids is 1. The zero-order valence-corrected chi connectivity index (χ0v) is 14.5. The van der Waals surface area contributed by atoms with Crippen LogP contribution in [-0.2, 0) is 27.4 Å². The van der Waals surface area contributed by atoms with Gasteiger partial charge in [-0.2, -0.15) is 13.2 Å². The molecule has 2 aromatic rings. The fourth-order valence-electron chi connectivity index (χ4n) is 2.00. The Kier molecular flexibility index (Phi) is 5.91. The highest BCUT2D eigenvalue weighted by Crippen LogP contribution is 2.30. The van der Waals surface area contributed by atoms with Gasteiger partial charge in [-0.15, -0.1) is 0 Å². The molecule has 0 bridgehead atoms. The Morgan fingerprint density at radius 1 is 1.04 bits per heavy atom. The van der Waals surface area contributed by atoms with Gasteiger partial charge < -0.3 is 10.1 Å². The van der Waals surface area contributed by atoms with Crippen molar-refractivity contribution >= 4 is 15.7 Å². The quantitative estimate of drug-likeness (QED) is 0.827. The molecule has 5 nitrogen and oxygen atoms in total. The summed E-state index contributed by atoms with van der Waals surface area (Å²) >= 11 is 0. The van der Waals surface area contributed by atoms with Crippen molar-refractivity contribution in [3.05, 3.63) is 59.7 Å². The van der Waals surface area contributed by atoms with E-state index in [0.29, 0.717) is 5.56 Å². The minimum atomic E-state index is -4.43. The van der Waals surface area contributed by atoms with E-state index in [9.17, 15) is 26.4 Å². The number of halogens is 3. The van der Waals surface area contributed by atoms with Crippen LogP contribution in [0.5, 0.6) is 5.75 Å². The molecule has 0 spiro atoms. The molecule has 0 fully saturated rings. The summed E-state index contributed by atoms with van der Waals surface area (Å²) < 4.78 is 65.2. The van der Waals surface area contributed by atoms with Crippen molar-refractivity contribution in [1.29, 1.82) is 0 Å². The van der Waals surface area contributed by atoms with Crippen LogP contribution in [0.4, 0.5) is 13.2 Å². The predicted molar refractivity (Wildman–Crippen MR) is 88.3 cm³/mol. The topological polar surface area (TPSA) is 72.5 Å². The van der Waals surface area contributed by atoms with Crippen molar-refractivity contribution in [2.45, 2.75) is 17.6 Å². The molecule has 0 saturated carbocycles. The second kappa shape index (κ2) is 7.77. The van der Waals surface area contributed by atoms with Gasteiger partial charge in [-0.3, -0.25) is 4.79 Å². The van der Waals surface area contributed by atoms with Gasteiger partial charge in [0.25, 0.3) is 5.91 Å². The number of hydrogen-bond acceptors (Lipinski definition) is 4. The molecule has 0 saturated heterocycles. The van der Waals surface area contributed by atoms with E-state index < -0.39 is 27.5 Å². The number of nitrogens with one attached hydrogen (secondary N) is 1. The standard InChI is InChI=1S/C17H16F3NO4S/c1-26(23,24)15-8-2-12(3-9-15)10-21-16(22)11-25-14-6-4-13(5-7-14)17(18,19)20/h2-9H,10-11H2,1H3,(H,21,22). The van der Waals surface area contributed by atoms with Crippen LogP contribution in [0.3, 0.4) is 0 Å². The molecule has 9 heteroatoms. The molecule has 2 aromatic carbocycles. The van der Waals surface area contributed by atoms with Gasteiger partial charge >= 0.3 is 6.18 Å². The first-order valence-corrected chi connectivity index (χ1v) is 9.30. The summed E-state index contributed by atoms with van der Waals surface area (Å²) in [5.74, 6) is -0.317. The largest absolute Gasteiger partial charge is 0.484 e. The van der Waals surface area contributed by atoms with Crippen LogP contribution in [0.2, 0.25) is 0 Å². The van der Waals surface area contributed by atoms with Gasteiger partial charge in [0.2, 0.25) is 0 Å². The summed E-state index contributed by atoms with van der Waals surface area (Å²) in [6, 6.07) is 10.1. The molecule has 1 N–H and O–H groups in total. The van der Waals surface area contributed by atoms with Crippen molar-refractivity contribution < 1.29 is 31.1 Å². The molecular weight excluding hydrogens is 371 g/mol. The van der Waals surface area contributed by atoms with E-state index in [0.717, 1.165) is 30.5 Å². The van der Waals surface area contributed by atoms with Crippen LogP contribution >= 0.6 is 0 Å². The molecular formula is C17H16F3NO4S. The molecule has 0 aliphatic rings. The number of carbonyl (C=O) groups is 1. The highest BCUT2D eigenvalue weighted by Gasteiger charge is 2.30. The van der Waals surface area contributed by atoms with Crippen LogP contribution in [0, 0.1) is 0 Å². The monoisotopic (exact) mass is 387 g/mol. The molecule has 0 unspecified atom stereocenters. The van der Waals surface area contributed by atoms with Crippen molar-refractivity contribution in [2.75, 3.05) is 12.9 Å². The number of alkyl halides is 3. The van der Waals surface area contributed by atoms with Gasteiger partial charge in [-0.05, 0) is 42.0 Å². The van der Waals surface area contributed by atoms with Crippen LogP contribution < -0.4 is 10.1 Å². The highest BCUT2D eigenvalue weighted by atomic mass is 32.2. The van der Waals surface area contributed by atoms with Crippen molar-refractivity contribution in [3.8, 4) is 5.75 Å². The van der Waals surface area contributed by atoms with Crippen molar-refractivity contribution in [2.24, 2.45) is 0 Å². The SMILES string of the molecule is CS(=O)(=O)c1ccc(CNC(=O)COc2ccc(C(F)(F)F)cc2)cc1. The lowest BCUT2D eigenvalue weighted by Crippen LogP contribution is -2.28. The minimum absolute atomic E-state index is 0.144. The summed E-state index contributed by atoms with van der Waals surface area (Å²) in [7, 11) is -3.28. The maximum absolute atomic E-state index is 12.4. The molecule has 0 aromatic heterocycles. The first-order chi connectivity index (χ1) is 12.1. The van der Waals surface area contributed by atoms with Gasteiger partial charge in [-0.1, -0.05) is 12.1 Å². The van der Waals surface area contributed by atoms with Crippen LogP contribution in [0.15, 0.2) is 53.4 Å². The van der Waals surface area contributed by atoms with E-state index in [1.807, 2.05) is 0 Å². The van der Waals surface area contributed by atoms with Crippen LogP contribution in [0.1, 0.15) is 11.1 Å². The van der Waals surface area contributed by atoms with Crippen LogP contribution in [0.25, 0.3) is 0 Å². The van der Waals surface area contributed by atoms with E-state index >= 15 is 0 Å². The van der Waals surface area contributed by atoms with E-state index in [-0.39, 0.29) is 23.8 Å². The summed E-state index contributed by atoms with van der Waals surface area (Å²) in [6.07, 6.45) is -3.33.